The maximum absolute atomic E-state index is 12.5. The summed E-state index contributed by atoms with van der Waals surface area (Å²) in [7, 11) is 0. The predicted molar refractivity (Wildman–Crippen MR) is 200 cm³/mol. The van der Waals surface area contributed by atoms with Crippen LogP contribution in [0.1, 0.15) is 161 Å². The number of carbonyl (C=O) groups excluding carboxylic acids is 2. The van der Waals surface area contributed by atoms with Gasteiger partial charge in [0.2, 0.25) is 0 Å². The van der Waals surface area contributed by atoms with Crippen molar-refractivity contribution in [1.29, 1.82) is 0 Å². The molecule has 0 aromatic heterocycles. The van der Waals surface area contributed by atoms with E-state index in [1.54, 1.807) is 0 Å². The van der Waals surface area contributed by atoms with Gasteiger partial charge in [0.05, 0.1) is 11.7 Å². The molecule has 5 fully saturated rings. The quantitative estimate of drug-likeness (QED) is 0.176. The van der Waals surface area contributed by atoms with Crippen LogP contribution in [0, 0.1) is 63.1 Å². The Hall–Kier alpha value is -1.40. The highest BCUT2D eigenvalue weighted by atomic mass is 16.7. The van der Waals surface area contributed by atoms with Gasteiger partial charge in [-0.3, -0.25) is 9.59 Å². The Morgan fingerprint density at radius 1 is 0.840 bits per heavy atom. The van der Waals surface area contributed by atoms with Gasteiger partial charge < -0.3 is 18.9 Å². The summed E-state index contributed by atoms with van der Waals surface area (Å²) in [4.78, 5) is 24.7. The molecule has 0 aromatic rings. The second-order valence-corrected chi connectivity index (χ2v) is 19.8. The minimum atomic E-state index is -0.739. The molecule has 0 bridgehead atoms. The minimum Gasteiger partial charge on any atom is -0.459 e. The van der Waals surface area contributed by atoms with Crippen LogP contribution in [-0.4, -0.2) is 42.1 Å². The van der Waals surface area contributed by atoms with E-state index in [0.29, 0.717) is 35.0 Å². The largest absolute Gasteiger partial charge is 0.459 e. The van der Waals surface area contributed by atoms with E-state index in [4.69, 9.17) is 18.9 Å². The fraction of sp³-hybridized carbons (Fsp3) is 0.909. The van der Waals surface area contributed by atoms with Crippen molar-refractivity contribution in [2.24, 2.45) is 63.1 Å². The lowest BCUT2D eigenvalue weighted by Gasteiger charge is -2.71. The first-order valence-electron chi connectivity index (χ1n) is 20.5. The average molecular weight is 699 g/mol. The number of hydrogen-bond acceptors (Lipinski definition) is 6. The van der Waals surface area contributed by atoms with Gasteiger partial charge in [-0.25, -0.2) is 0 Å². The SMILES string of the molecule is CC[C@H]1O[C@H](O[C@@](C)(CCC=C(C)C)C2CC[C@]3(C)[C@@H]2C(C)CC2[C@@]4(C)CC[C@H](C)C(C)(C)C4CC[C@]23C)[C@H](OC(C)=O)[C@@H](C)[C@@H]1OC(C)=O. The van der Waals surface area contributed by atoms with Crippen LogP contribution in [0.5, 0.6) is 0 Å². The second kappa shape index (κ2) is 14.1. The average Bonchev–Trinajstić information content (AvgIpc) is 3.40. The van der Waals surface area contributed by atoms with Gasteiger partial charge in [0.15, 0.2) is 12.4 Å². The van der Waals surface area contributed by atoms with Crippen LogP contribution < -0.4 is 0 Å². The lowest BCUT2D eigenvalue weighted by atomic mass is 9.34. The highest BCUT2D eigenvalue weighted by Gasteiger charge is 2.71. The smallest absolute Gasteiger partial charge is 0.303 e. The number of ether oxygens (including phenoxy) is 4. The predicted octanol–water partition coefficient (Wildman–Crippen LogP) is 10.7. The van der Waals surface area contributed by atoms with Crippen molar-refractivity contribution in [2.45, 2.75) is 191 Å². The summed E-state index contributed by atoms with van der Waals surface area (Å²) in [5.74, 6) is 2.76. The molecule has 1 aliphatic heterocycles. The van der Waals surface area contributed by atoms with Gasteiger partial charge in [-0.1, -0.05) is 74.0 Å². The van der Waals surface area contributed by atoms with E-state index < -0.39 is 24.1 Å². The Bertz CT molecular complexity index is 1280. The Balaban J connectivity index is 1.51. The Morgan fingerprint density at radius 2 is 1.46 bits per heavy atom. The Kier molecular flexibility index (Phi) is 11.2. The maximum atomic E-state index is 12.5. The van der Waals surface area contributed by atoms with Gasteiger partial charge in [-0.2, -0.15) is 0 Å². The van der Waals surface area contributed by atoms with E-state index in [9.17, 15) is 9.59 Å². The maximum Gasteiger partial charge on any atom is 0.303 e. The van der Waals surface area contributed by atoms with Crippen LogP contribution >= 0.6 is 0 Å². The first-order valence-corrected chi connectivity index (χ1v) is 20.5. The van der Waals surface area contributed by atoms with Crippen molar-refractivity contribution in [3.63, 3.8) is 0 Å². The molecule has 0 amide bonds. The highest BCUT2D eigenvalue weighted by Crippen LogP contribution is 2.77. The Morgan fingerprint density at radius 3 is 2.06 bits per heavy atom. The normalized spacial score (nSPS) is 46.4. The van der Waals surface area contributed by atoms with Gasteiger partial charge in [0.1, 0.15) is 6.10 Å². The standard InChI is InChI=1S/C44H74O6/c1-15-33-37(47-30(7)45)29(6)38(48-31(8)46)39(49-33)50-44(14,21-16-17-26(2)3)32-19-23-43(13)36(32)27(4)25-35-41(11)22-18-28(5)40(9,10)34(41)20-24-42(35,43)12/h17,27-29,32-39H,15-16,18-25H2,1-14H3/t27?,28-,29-,32?,33+,34?,35?,36+,37-,38+,39+,41-,42+,43+,44-/m0/s1. The van der Waals surface area contributed by atoms with E-state index in [1.165, 1.54) is 57.9 Å². The topological polar surface area (TPSA) is 71.1 Å². The molecule has 0 aromatic carbocycles. The zero-order valence-corrected chi connectivity index (χ0v) is 34.4. The molecule has 1 saturated heterocycles. The van der Waals surface area contributed by atoms with Crippen LogP contribution in [0.15, 0.2) is 11.6 Å². The molecule has 1 heterocycles. The number of hydrogen-bond donors (Lipinski definition) is 0. The van der Waals surface area contributed by atoms with Crippen LogP contribution in [0.2, 0.25) is 0 Å². The van der Waals surface area contributed by atoms with Crippen molar-refractivity contribution in [2.75, 3.05) is 0 Å². The lowest BCUT2D eigenvalue weighted by molar-refractivity contribution is -0.326. The summed E-state index contributed by atoms with van der Waals surface area (Å²) in [5.41, 5.74) is 2.07. The number of rotatable bonds is 9. The molecule has 5 aliphatic rings. The summed E-state index contributed by atoms with van der Waals surface area (Å²) in [6.45, 7) is 31.9. The highest BCUT2D eigenvalue weighted by molar-refractivity contribution is 5.67. The second-order valence-electron chi connectivity index (χ2n) is 19.8. The van der Waals surface area contributed by atoms with Crippen molar-refractivity contribution in [3.05, 3.63) is 11.6 Å². The van der Waals surface area contributed by atoms with Crippen LogP contribution in [0.3, 0.4) is 0 Å². The minimum absolute atomic E-state index is 0.213. The van der Waals surface area contributed by atoms with Crippen LogP contribution in [0.4, 0.5) is 0 Å². The molecule has 5 rings (SSSR count). The third-order valence-corrected chi connectivity index (χ3v) is 16.6. The van der Waals surface area contributed by atoms with E-state index in [-0.39, 0.29) is 34.8 Å². The van der Waals surface area contributed by atoms with Crippen LogP contribution in [0.25, 0.3) is 0 Å². The number of carbonyl (C=O) groups is 2. The monoisotopic (exact) mass is 699 g/mol. The van der Waals surface area contributed by atoms with Gasteiger partial charge in [0.25, 0.3) is 0 Å². The molecule has 0 N–H and O–H groups in total. The fourth-order valence-electron chi connectivity index (χ4n) is 13.6. The molecule has 4 aliphatic carbocycles. The fourth-order valence-corrected chi connectivity index (χ4v) is 13.6. The van der Waals surface area contributed by atoms with Gasteiger partial charge >= 0.3 is 11.9 Å². The number of esters is 2. The van der Waals surface area contributed by atoms with Crippen molar-refractivity contribution >= 4 is 11.9 Å². The van der Waals surface area contributed by atoms with Gasteiger partial charge in [-0.05, 0) is 142 Å². The summed E-state index contributed by atoms with van der Waals surface area (Å²) < 4.78 is 25.9. The van der Waals surface area contributed by atoms with Crippen molar-refractivity contribution in [3.8, 4) is 0 Å². The molecule has 0 radical (unpaired) electrons. The first kappa shape index (κ1) is 39.8. The zero-order chi connectivity index (χ0) is 37.2. The lowest BCUT2D eigenvalue weighted by Crippen LogP contribution is -2.65. The van der Waals surface area contributed by atoms with E-state index in [0.717, 1.165) is 37.0 Å². The summed E-state index contributed by atoms with van der Waals surface area (Å²) >= 11 is 0. The van der Waals surface area contributed by atoms with Crippen molar-refractivity contribution in [1.82, 2.24) is 0 Å². The molecule has 15 atom stereocenters. The number of fused-ring (bicyclic) bond motifs is 5. The molecule has 286 valence electrons. The molecular formula is C44H74O6. The molecule has 6 nitrogen and oxygen atoms in total. The van der Waals surface area contributed by atoms with Gasteiger partial charge in [0, 0.05) is 19.8 Å². The summed E-state index contributed by atoms with van der Waals surface area (Å²) in [6, 6.07) is 0. The summed E-state index contributed by atoms with van der Waals surface area (Å²) in [5, 5.41) is 0. The first-order chi connectivity index (χ1) is 23.2. The van der Waals surface area contributed by atoms with E-state index in [1.807, 2.05) is 6.92 Å². The van der Waals surface area contributed by atoms with Crippen molar-refractivity contribution < 1.29 is 28.5 Å². The molecule has 4 saturated carbocycles. The van der Waals surface area contributed by atoms with Crippen LogP contribution in [-0.2, 0) is 28.5 Å². The molecule has 6 heteroatoms. The zero-order valence-electron chi connectivity index (χ0n) is 34.4. The molecule has 50 heavy (non-hydrogen) atoms. The van der Waals surface area contributed by atoms with Gasteiger partial charge in [-0.15, -0.1) is 0 Å². The van der Waals surface area contributed by atoms with E-state index in [2.05, 4.69) is 82.2 Å². The molecular weight excluding hydrogens is 624 g/mol. The van der Waals surface area contributed by atoms with E-state index >= 15 is 0 Å². The number of allylic oxidation sites excluding steroid dienone is 2. The molecule has 0 spiro atoms. The summed E-state index contributed by atoms with van der Waals surface area (Å²) in [6.07, 6.45) is 11.6. The Labute approximate surface area is 305 Å². The third kappa shape index (κ3) is 6.55. The third-order valence-electron chi connectivity index (χ3n) is 16.6. The molecule has 4 unspecified atom stereocenters.